The number of benzene rings is 2. The number of amides is 3. The number of halogens is 1. The Hall–Kier alpha value is -3.07. The summed E-state index contributed by atoms with van der Waals surface area (Å²) < 4.78 is 0. The van der Waals surface area contributed by atoms with Crippen LogP contribution in [0.5, 0.6) is 0 Å². The third-order valence-corrected chi connectivity index (χ3v) is 9.87. The average molecular weight is 605 g/mol. The van der Waals surface area contributed by atoms with Crippen LogP contribution in [0.25, 0.3) is 10.9 Å². The molecule has 2 aromatic carbocycles. The molecule has 3 amide bonds. The zero-order chi connectivity index (χ0) is 30.1. The Morgan fingerprint density at radius 2 is 1.88 bits per heavy atom. The lowest BCUT2D eigenvalue weighted by atomic mass is 9.88. The van der Waals surface area contributed by atoms with Gasteiger partial charge in [0.15, 0.2) is 0 Å². The molecule has 6 rings (SSSR count). The van der Waals surface area contributed by atoms with Crippen molar-refractivity contribution in [1.29, 1.82) is 0 Å². The number of hydrogen-bond donors (Lipinski definition) is 2. The van der Waals surface area contributed by atoms with Crippen LogP contribution >= 0.6 is 11.6 Å². The number of aromatic nitrogens is 1. The first-order valence-corrected chi connectivity index (χ1v) is 16.3. The Morgan fingerprint density at radius 3 is 2.67 bits per heavy atom. The first-order valence-electron chi connectivity index (χ1n) is 15.9. The molecule has 4 atom stereocenters. The van der Waals surface area contributed by atoms with Crippen molar-refractivity contribution in [3.8, 4) is 0 Å². The van der Waals surface area contributed by atoms with Crippen LogP contribution in [-0.4, -0.2) is 97.1 Å². The molecule has 4 heterocycles. The summed E-state index contributed by atoms with van der Waals surface area (Å²) in [6, 6.07) is 13.3. The van der Waals surface area contributed by atoms with Crippen molar-refractivity contribution in [3.05, 3.63) is 64.8 Å². The van der Waals surface area contributed by atoms with Crippen LogP contribution in [0.2, 0.25) is 5.02 Å². The van der Waals surface area contributed by atoms with Gasteiger partial charge in [-0.05, 0) is 101 Å². The highest BCUT2D eigenvalue weighted by molar-refractivity contribution is 6.30. The van der Waals surface area contributed by atoms with E-state index in [9.17, 15) is 9.59 Å². The molecule has 2 unspecified atom stereocenters. The second-order valence-corrected chi connectivity index (χ2v) is 13.5. The summed E-state index contributed by atoms with van der Waals surface area (Å²) in [5, 5.41) is 5.04. The molecule has 43 heavy (non-hydrogen) atoms. The van der Waals surface area contributed by atoms with Crippen LogP contribution in [0.3, 0.4) is 0 Å². The van der Waals surface area contributed by atoms with Gasteiger partial charge in [-0.1, -0.05) is 36.7 Å². The van der Waals surface area contributed by atoms with Crippen LogP contribution in [0.1, 0.15) is 49.7 Å². The summed E-state index contributed by atoms with van der Waals surface area (Å²) in [6.07, 6.45) is 7.32. The lowest BCUT2D eigenvalue weighted by Gasteiger charge is -2.39. The number of anilines is 1. The van der Waals surface area contributed by atoms with Crippen molar-refractivity contribution >= 4 is 40.1 Å². The van der Waals surface area contributed by atoms with E-state index in [4.69, 9.17) is 11.6 Å². The summed E-state index contributed by atoms with van der Waals surface area (Å²) in [6.45, 7) is 7.37. The summed E-state index contributed by atoms with van der Waals surface area (Å²) in [5.74, 6) is -0.0706. The molecule has 3 aliphatic rings. The van der Waals surface area contributed by atoms with Crippen molar-refractivity contribution in [2.75, 3.05) is 58.3 Å². The van der Waals surface area contributed by atoms with Crippen molar-refractivity contribution < 1.29 is 9.59 Å². The van der Waals surface area contributed by atoms with Gasteiger partial charge in [0.25, 0.3) is 0 Å². The highest BCUT2D eigenvalue weighted by Gasteiger charge is 2.39. The van der Waals surface area contributed by atoms with E-state index in [1.165, 1.54) is 12.8 Å². The second-order valence-electron chi connectivity index (χ2n) is 13.1. The molecule has 0 bridgehead atoms. The van der Waals surface area contributed by atoms with Gasteiger partial charge in [0.05, 0.1) is 0 Å². The molecule has 0 aliphatic carbocycles. The average Bonchev–Trinajstić information content (AvgIpc) is 3.76. The maximum atomic E-state index is 14.8. The maximum Gasteiger partial charge on any atom is 0.318 e. The molecule has 2 saturated heterocycles. The summed E-state index contributed by atoms with van der Waals surface area (Å²) >= 11 is 6.43. The number of nitrogens with one attached hydrogen (secondary N) is 2. The minimum Gasteiger partial charge on any atom is -0.361 e. The molecule has 0 saturated carbocycles. The quantitative estimate of drug-likeness (QED) is 0.364. The van der Waals surface area contributed by atoms with Gasteiger partial charge in [-0.3, -0.25) is 4.79 Å². The van der Waals surface area contributed by atoms with Crippen molar-refractivity contribution in [1.82, 2.24) is 25.0 Å². The SMILES string of the molecule is CC(c1c[nH]c2ccccc12)C(NC(=O)N1CCC[C@@H]1CN1CCCC1)C(=O)N1C[C@@H](CN(C)C)Cc2cc(Cl)ccc21. The van der Waals surface area contributed by atoms with Gasteiger partial charge in [0.1, 0.15) is 6.04 Å². The molecule has 2 N–H and O–H groups in total. The predicted octanol–water partition coefficient (Wildman–Crippen LogP) is 5.33. The van der Waals surface area contributed by atoms with Gasteiger partial charge in [-0.15, -0.1) is 0 Å². The standard InChI is InChI=1S/C34H45ClN6O2/c1-23(29-19-36-30-11-5-4-10-28(29)30)32(37-34(43)40-16-8-9-27(40)22-39-14-6-7-15-39)33(42)41-21-24(20-38(2)3)17-25-18-26(35)12-13-31(25)41/h4-5,10-13,18-19,23-24,27,32,36H,6-9,14-17,20-22H2,1-3H3,(H,37,43)/t23?,24-,27-,32?/m1/s1. The van der Waals surface area contributed by atoms with Crippen molar-refractivity contribution in [2.24, 2.45) is 5.92 Å². The number of likely N-dealkylation sites (tertiary alicyclic amines) is 2. The monoisotopic (exact) mass is 604 g/mol. The van der Waals surface area contributed by atoms with Crippen LogP contribution in [0.15, 0.2) is 48.7 Å². The van der Waals surface area contributed by atoms with Gasteiger partial charge in [0, 0.05) is 65.9 Å². The first-order chi connectivity index (χ1) is 20.8. The number of carbonyl (C=O) groups excluding carboxylic acids is 2. The van der Waals surface area contributed by atoms with E-state index in [1.54, 1.807) is 0 Å². The molecule has 9 heteroatoms. The number of rotatable bonds is 8. The van der Waals surface area contributed by atoms with E-state index in [-0.39, 0.29) is 29.8 Å². The van der Waals surface area contributed by atoms with E-state index in [1.807, 2.05) is 52.4 Å². The zero-order valence-corrected chi connectivity index (χ0v) is 26.4. The highest BCUT2D eigenvalue weighted by atomic mass is 35.5. The van der Waals surface area contributed by atoms with E-state index in [0.717, 1.165) is 79.7 Å². The predicted molar refractivity (Wildman–Crippen MR) is 174 cm³/mol. The molecule has 2 fully saturated rings. The van der Waals surface area contributed by atoms with Gasteiger partial charge >= 0.3 is 6.03 Å². The normalized spacial score (nSPS) is 22.3. The third-order valence-electron chi connectivity index (χ3n) is 9.63. The third kappa shape index (κ3) is 6.42. The molecule has 8 nitrogen and oxygen atoms in total. The lowest BCUT2D eigenvalue weighted by molar-refractivity contribution is -0.121. The number of hydrogen-bond acceptors (Lipinski definition) is 4. The Morgan fingerprint density at radius 1 is 1.09 bits per heavy atom. The molecule has 1 aromatic heterocycles. The molecular formula is C34H45ClN6O2. The van der Waals surface area contributed by atoms with Gasteiger partial charge in [0.2, 0.25) is 5.91 Å². The number of carbonyl (C=O) groups is 2. The van der Waals surface area contributed by atoms with E-state index < -0.39 is 6.04 Å². The fraction of sp³-hybridized carbons (Fsp3) is 0.529. The first kappa shape index (κ1) is 30.0. The minimum absolute atomic E-state index is 0.0755. The van der Waals surface area contributed by atoms with Gasteiger partial charge < -0.3 is 29.9 Å². The number of para-hydroxylation sites is 1. The van der Waals surface area contributed by atoms with E-state index in [2.05, 4.69) is 47.2 Å². The number of H-pyrrole nitrogens is 1. The largest absolute Gasteiger partial charge is 0.361 e. The molecule has 3 aromatic rings. The summed E-state index contributed by atoms with van der Waals surface area (Å²) in [4.78, 5) is 40.8. The minimum atomic E-state index is -0.735. The molecule has 0 radical (unpaired) electrons. The summed E-state index contributed by atoms with van der Waals surface area (Å²) in [5.41, 5.74) is 4.02. The van der Waals surface area contributed by atoms with E-state index >= 15 is 0 Å². The fourth-order valence-corrected chi connectivity index (χ4v) is 7.75. The Kier molecular flexibility index (Phi) is 8.98. The molecule has 0 spiro atoms. The second kappa shape index (κ2) is 12.9. The smallest absolute Gasteiger partial charge is 0.318 e. The van der Waals surface area contributed by atoms with Gasteiger partial charge in [-0.25, -0.2) is 4.79 Å². The highest BCUT2D eigenvalue weighted by Crippen LogP contribution is 2.35. The topological polar surface area (TPSA) is 74.9 Å². The fourth-order valence-electron chi connectivity index (χ4n) is 7.55. The lowest BCUT2D eigenvalue weighted by Crippen LogP contribution is -2.57. The van der Waals surface area contributed by atoms with Crippen molar-refractivity contribution in [2.45, 2.75) is 57.0 Å². The Bertz CT molecular complexity index is 1450. The van der Waals surface area contributed by atoms with Crippen LogP contribution in [0.4, 0.5) is 10.5 Å². The number of nitrogens with zero attached hydrogens (tertiary/aromatic N) is 4. The van der Waals surface area contributed by atoms with Gasteiger partial charge in [-0.2, -0.15) is 0 Å². The van der Waals surface area contributed by atoms with Crippen LogP contribution < -0.4 is 10.2 Å². The van der Waals surface area contributed by atoms with Crippen molar-refractivity contribution in [3.63, 3.8) is 0 Å². The maximum absolute atomic E-state index is 14.8. The zero-order valence-electron chi connectivity index (χ0n) is 25.7. The number of fused-ring (bicyclic) bond motifs is 2. The number of urea groups is 1. The Labute approximate surface area is 260 Å². The molecular weight excluding hydrogens is 560 g/mol. The Balaban J connectivity index is 1.32. The van der Waals surface area contributed by atoms with Crippen LogP contribution in [-0.2, 0) is 11.2 Å². The van der Waals surface area contributed by atoms with E-state index in [0.29, 0.717) is 11.6 Å². The van der Waals surface area contributed by atoms with Crippen LogP contribution in [0, 0.1) is 5.92 Å². The number of aromatic amines is 1. The summed E-state index contributed by atoms with van der Waals surface area (Å²) in [7, 11) is 4.13. The molecule has 230 valence electrons. The molecule has 3 aliphatic heterocycles.